The average Bonchev–Trinajstić information content (AvgIpc) is 2.94. The van der Waals surface area contributed by atoms with Crippen molar-refractivity contribution < 1.29 is 0 Å². The molecule has 0 fully saturated rings. The van der Waals surface area contributed by atoms with Crippen LogP contribution in [-0.4, -0.2) is 25.0 Å². The molecule has 2 aromatic heterocycles. The van der Waals surface area contributed by atoms with Gasteiger partial charge in [0.2, 0.25) is 0 Å². The normalized spacial score (nSPS) is 12.7. The van der Waals surface area contributed by atoms with Crippen molar-refractivity contribution in [1.82, 2.24) is 25.0 Å². The zero-order valence-electron chi connectivity index (χ0n) is 11.3. The van der Waals surface area contributed by atoms with Gasteiger partial charge in [0.05, 0.1) is 40.9 Å². The van der Waals surface area contributed by atoms with E-state index in [-0.39, 0.29) is 6.04 Å². The standard InChI is InChI=1S/C14H16N6/c1-2-7-20-13(9-17-19-20)14(15)12-8-16-10-5-3-4-6-11(10)18-12/h3-6,8-9,14H,2,7,15H2,1H3. The second-order valence-corrected chi connectivity index (χ2v) is 4.64. The number of nitrogens with zero attached hydrogens (tertiary/aromatic N) is 5. The summed E-state index contributed by atoms with van der Waals surface area (Å²) in [6, 6.07) is 7.38. The van der Waals surface area contributed by atoms with Crippen LogP contribution in [0.2, 0.25) is 0 Å². The molecule has 0 aliphatic rings. The molecule has 6 heteroatoms. The van der Waals surface area contributed by atoms with Crippen LogP contribution in [0.5, 0.6) is 0 Å². The van der Waals surface area contributed by atoms with E-state index in [1.165, 1.54) is 0 Å². The predicted molar refractivity (Wildman–Crippen MR) is 75.9 cm³/mol. The van der Waals surface area contributed by atoms with Crippen LogP contribution < -0.4 is 5.73 Å². The number of benzene rings is 1. The minimum Gasteiger partial charge on any atom is -0.318 e. The van der Waals surface area contributed by atoms with Crippen molar-refractivity contribution in [2.75, 3.05) is 0 Å². The highest BCUT2D eigenvalue weighted by Crippen LogP contribution is 2.18. The summed E-state index contributed by atoms with van der Waals surface area (Å²) >= 11 is 0. The van der Waals surface area contributed by atoms with E-state index in [2.05, 4.69) is 27.2 Å². The monoisotopic (exact) mass is 268 g/mol. The van der Waals surface area contributed by atoms with Crippen LogP contribution in [0.15, 0.2) is 36.7 Å². The molecule has 0 amide bonds. The second-order valence-electron chi connectivity index (χ2n) is 4.64. The fraction of sp³-hybridized carbons (Fsp3) is 0.286. The quantitative estimate of drug-likeness (QED) is 0.778. The summed E-state index contributed by atoms with van der Waals surface area (Å²) in [7, 11) is 0. The van der Waals surface area contributed by atoms with Gasteiger partial charge in [0.25, 0.3) is 0 Å². The van der Waals surface area contributed by atoms with Crippen LogP contribution in [-0.2, 0) is 6.54 Å². The number of hydrogen-bond donors (Lipinski definition) is 1. The van der Waals surface area contributed by atoms with Gasteiger partial charge in [0.1, 0.15) is 0 Å². The predicted octanol–water partition coefficient (Wildman–Crippen LogP) is 1.68. The molecule has 3 aromatic rings. The van der Waals surface area contributed by atoms with Crippen molar-refractivity contribution in [3.05, 3.63) is 48.0 Å². The van der Waals surface area contributed by atoms with Gasteiger partial charge in [-0.15, -0.1) is 5.10 Å². The van der Waals surface area contributed by atoms with Crippen LogP contribution in [0.4, 0.5) is 0 Å². The van der Waals surface area contributed by atoms with Gasteiger partial charge >= 0.3 is 0 Å². The van der Waals surface area contributed by atoms with E-state index < -0.39 is 0 Å². The molecule has 102 valence electrons. The van der Waals surface area contributed by atoms with Crippen molar-refractivity contribution >= 4 is 11.0 Å². The van der Waals surface area contributed by atoms with E-state index in [0.717, 1.165) is 35.4 Å². The van der Waals surface area contributed by atoms with Crippen LogP contribution >= 0.6 is 0 Å². The minimum atomic E-state index is -0.367. The first kappa shape index (κ1) is 12.7. The molecule has 0 aliphatic carbocycles. The highest BCUT2D eigenvalue weighted by atomic mass is 15.4. The van der Waals surface area contributed by atoms with Crippen molar-refractivity contribution in [2.24, 2.45) is 5.73 Å². The lowest BCUT2D eigenvalue weighted by Crippen LogP contribution is -2.19. The zero-order valence-corrected chi connectivity index (χ0v) is 11.3. The van der Waals surface area contributed by atoms with E-state index in [9.17, 15) is 0 Å². The molecular weight excluding hydrogens is 252 g/mol. The van der Waals surface area contributed by atoms with Crippen molar-refractivity contribution in [3.8, 4) is 0 Å². The fourth-order valence-electron chi connectivity index (χ4n) is 2.16. The molecule has 0 spiro atoms. The Bertz CT molecular complexity index is 720. The van der Waals surface area contributed by atoms with Gasteiger partial charge in [0.15, 0.2) is 0 Å². The first-order valence-electron chi connectivity index (χ1n) is 6.65. The lowest BCUT2D eigenvalue weighted by Gasteiger charge is -2.12. The zero-order chi connectivity index (χ0) is 13.9. The Morgan fingerprint density at radius 3 is 2.80 bits per heavy atom. The molecule has 0 aliphatic heterocycles. The smallest absolute Gasteiger partial charge is 0.0929 e. The largest absolute Gasteiger partial charge is 0.318 e. The fourth-order valence-corrected chi connectivity index (χ4v) is 2.16. The topological polar surface area (TPSA) is 82.5 Å². The van der Waals surface area contributed by atoms with E-state index >= 15 is 0 Å². The Morgan fingerprint density at radius 2 is 2.00 bits per heavy atom. The van der Waals surface area contributed by atoms with E-state index in [4.69, 9.17) is 5.73 Å². The van der Waals surface area contributed by atoms with Crippen LogP contribution in [0.1, 0.15) is 30.8 Å². The summed E-state index contributed by atoms with van der Waals surface area (Å²) in [5, 5.41) is 7.99. The summed E-state index contributed by atoms with van der Waals surface area (Å²) in [5.41, 5.74) is 9.57. The lowest BCUT2D eigenvalue weighted by atomic mass is 10.1. The number of hydrogen-bond acceptors (Lipinski definition) is 5. The first-order valence-corrected chi connectivity index (χ1v) is 6.65. The second kappa shape index (κ2) is 5.34. The summed E-state index contributed by atoms with van der Waals surface area (Å²) < 4.78 is 1.82. The summed E-state index contributed by atoms with van der Waals surface area (Å²) in [4.78, 5) is 8.97. The Hall–Kier alpha value is -2.34. The van der Waals surface area contributed by atoms with Crippen molar-refractivity contribution in [1.29, 1.82) is 0 Å². The highest BCUT2D eigenvalue weighted by Gasteiger charge is 2.16. The number of para-hydroxylation sites is 2. The maximum atomic E-state index is 6.28. The molecule has 1 unspecified atom stereocenters. The number of fused-ring (bicyclic) bond motifs is 1. The van der Waals surface area contributed by atoms with Gasteiger partial charge in [-0.1, -0.05) is 24.3 Å². The van der Waals surface area contributed by atoms with E-state index in [1.807, 2.05) is 28.9 Å². The van der Waals surface area contributed by atoms with Gasteiger partial charge in [-0.25, -0.2) is 9.67 Å². The Kier molecular flexibility index (Phi) is 3.39. The van der Waals surface area contributed by atoms with Gasteiger partial charge in [-0.05, 0) is 18.6 Å². The molecule has 1 aromatic carbocycles. The van der Waals surface area contributed by atoms with Gasteiger partial charge in [0, 0.05) is 6.54 Å². The summed E-state index contributed by atoms with van der Waals surface area (Å²) in [5.74, 6) is 0. The Morgan fingerprint density at radius 1 is 1.20 bits per heavy atom. The molecule has 0 radical (unpaired) electrons. The molecular formula is C14H16N6. The van der Waals surface area contributed by atoms with Gasteiger partial charge < -0.3 is 5.73 Å². The summed E-state index contributed by atoms with van der Waals surface area (Å²) in [6.45, 7) is 2.89. The van der Waals surface area contributed by atoms with Crippen molar-refractivity contribution in [2.45, 2.75) is 25.9 Å². The molecule has 1 atom stereocenters. The molecule has 20 heavy (non-hydrogen) atoms. The van der Waals surface area contributed by atoms with Crippen LogP contribution in [0, 0.1) is 0 Å². The third kappa shape index (κ3) is 2.25. The molecule has 0 bridgehead atoms. The van der Waals surface area contributed by atoms with Gasteiger partial charge in [-0.2, -0.15) is 0 Å². The maximum absolute atomic E-state index is 6.28. The maximum Gasteiger partial charge on any atom is 0.0929 e. The highest BCUT2D eigenvalue weighted by molar-refractivity contribution is 5.73. The SMILES string of the molecule is CCCn1nncc1C(N)c1cnc2ccccc2n1. The van der Waals surface area contributed by atoms with E-state index in [0.29, 0.717) is 0 Å². The third-order valence-corrected chi connectivity index (χ3v) is 3.19. The molecule has 2 heterocycles. The molecule has 2 N–H and O–H groups in total. The van der Waals surface area contributed by atoms with Crippen LogP contribution in [0.25, 0.3) is 11.0 Å². The Balaban J connectivity index is 1.99. The first-order chi connectivity index (χ1) is 9.79. The lowest BCUT2D eigenvalue weighted by molar-refractivity contribution is 0.541. The Labute approximate surface area is 116 Å². The average molecular weight is 268 g/mol. The molecule has 0 saturated heterocycles. The summed E-state index contributed by atoms with van der Waals surface area (Å²) in [6.07, 6.45) is 4.39. The number of aromatic nitrogens is 5. The molecule has 3 rings (SSSR count). The number of aryl methyl sites for hydroxylation is 1. The van der Waals surface area contributed by atoms with Crippen LogP contribution in [0.3, 0.4) is 0 Å². The van der Waals surface area contributed by atoms with E-state index in [1.54, 1.807) is 12.4 Å². The molecule has 0 saturated carbocycles. The van der Waals surface area contributed by atoms with Crippen molar-refractivity contribution in [3.63, 3.8) is 0 Å². The minimum absolute atomic E-state index is 0.367. The number of rotatable bonds is 4. The van der Waals surface area contributed by atoms with Gasteiger partial charge in [-0.3, -0.25) is 4.98 Å². The third-order valence-electron chi connectivity index (χ3n) is 3.19. The number of nitrogens with two attached hydrogens (primary N) is 1. The molecule has 6 nitrogen and oxygen atoms in total.